The van der Waals surface area contributed by atoms with E-state index in [-0.39, 0.29) is 30.1 Å². The molecule has 0 spiro atoms. The lowest BCUT2D eigenvalue weighted by Crippen LogP contribution is -2.43. The van der Waals surface area contributed by atoms with E-state index in [2.05, 4.69) is 25.8 Å². The number of carbonyl (C=O) groups is 3. The zero-order chi connectivity index (χ0) is 27.4. The Labute approximate surface area is 218 Å². The van der Waals surface area contributed by atoms with Gasteiger partial charge in [-0.1, -0.05) is 6.07 Å². The number of benzene rings is 1. The van der Waals surface area contributed by atoms with Gasteiger partial charge in [0.2, 0.25) is 5.82 Å². The number of fused-ring (bicyclic) bond motifs is 1. The van der Waals surface area contributed by atoms with Crippen LogP contribution in [0.15, 0.2) is 30.3 Å². The summed E-state index contributed by atoms with van der Waals surface area (Å²) in [6, 6.07) is 7.26. The maximum absolute atomic E-state index is 14.9. The smallest absolute Gasteiger partial charge is 0.320 e. The van der Waals surface area contributed by atoms with Gasteiger partial charge in [-0.3, -0.25) is 9.59 Å². The summed E-state index contributed by atoms with van der Waals surface area (Å²) >= 11 is 0. The van der Waals surface area contributed by atoms with Crippen molar-refractivity contribution in [1.29, 1.82) is 0 Å². The number of tetrazole rings is 1. The number of halogens is 1. The summed E-state index contributed by atoms with van der Waals surface area (Å²) < 4.78 is 21.4. The lowest BCUT2D eigenvalue weighted by Gasteiger charge is -2.32. The lowest BCUT2D eigenvalue weighted by atomic mass is 9.96. The summed E-state index contributed by atoms with van der Waals surface area (Å²) in [4.78, 5) is 44.5. The Morgan fingerprint density at radius 2 is 2.03 bits per heavy atom. The largest absolute Gasteiger partial charge is 0.464 e. The third-order valence-electron chi connectivity index (χ3n) is 6.28. The van der Waals surface area contributed by atoms with Gasteiger partial charge in [0, 0.05) is 33.6 Å². The first-order chi connectivity index (χ1) is 18.2. The van der Waals surface area contributed by atoms with E-state index >= 15 is 0 Å². The molecule has 1 aliphatic heterocycles. The third-order valence-corrected chi connectivity index (χ3v) is 6.28. The van der Waals surface area contributed by atoms with Crippen molar-refractivity contribution in [3.05, 3.63) is 52.8 Å². The Bertz CT molecular complexity index is 1360. The van der Waals surface area contributed by atoms with Gasteiger partial charge in [-0.25, -0.2) is 18.9 Å². The normalized spacial score (nSPS) is 13.4. The van der Waals surface area contributed by atoms with Crippen LogP contribution in [0, 0.1) is 5.82 Å². The molecule has 4 rings (SSSR count). The molecule has 0 saturated carbocycles. The maximum Gasteiger partial charge on any atom is 0.320 e. The predicted molar refractivity (Wildman–Crippen MR) is 135 cm³/mol. The Morgan fingerprint density at radius 1 is 1.24 bits per heavy atom. The highest BCUT2D eigenvalue weighted by Crippen LogP contribution is 2.25. The van der Waals surface area contributed by atoms with Crippen LogP contribution in [0.25, 0.3) is 11.5 Å². The quantitative estimate of drug-likeness (QED) is 0.466. The molecule has 12 nitrogen and oxygen atoms in total. The number of amides is 3. The van der Waals surface area contributed by atoms with Gasteiger partial charge < -0.3 is 19.9 Å². The molecule has 38 heavy (non-hydrogen) atoms. The van der Waals surface area contributed by atoms with Crippen LogP contribution in [0.3, 0.4) is 0 Å². The number of ether oxygens (including phenoxy) is 1. The van der Waals surface area contributed by atoms with Crippen LogP contribution in [0.5, 0.6) is 0 Å². The minimum absolute atomic E-state index is 0.0686. The van der Waals surface area contributed by atoms with E-state index in [0.29, 0.717) is 37.6 Å². The van der Waals surface area contributed by atoms with E-state index in [0.717, 1.165) is 11.1 Å². The molecule has 1 aromatic carbocycles. The van der Waals surface area contributed by atoms with Gasteiger partial charge in [0.1, 0.15) is 23.9 Å². The number of pyridine rings is 1. The van der Waals surface area contributed by atoms with E-state index in [1.165, 1.54) is 23.7 Å². The molecule has 0 unspecified atom stereocenters. The molecule has 3 aromatic rings. The maximum atomic E-state index is 14.9. The average Bonchev–Trinajstić information content (AvgIpc) is 3.40. The number of anilines is 1. The molecule has 1 aliphatic rings. The summed E-state index contributed by atoms with van der Waals surface area (Å²) in [7, 11) is 1.72. The monoisotopic (exact) mass is 524 g/mol. The van der Waals surface area contributed by atoms with Crippen LogP contribution in [0.1, 0.15) is 48.3 Å². The Morgan fingerprint density at radius 3 is 2.76 bits per heavy atom. The number of aromatic nitrogens is 5. The number of nitrogens with zero attached hydrogens (tertiary/aromatic N) is 7. The topological polar surface area (TPSA) is 135 Å². The van der Waals surface area contributed by atoms with Crippen LogP contribution in [0.2, 0.25) is 0 Å². The second kappa shape index (κ2) is 11.3. The first-order valence-corrected chi connectivity index (χ1v) is 12.2. The molecule has 0 fully saturated rings. The van der Waals surface area contributed by atoms with Gasteiger partial charge in [0.05, 0.1) is 11.6 Å². The van der Waals surface area contributed by atoms with Crippen molar-refractivity contribution < 1.29 is 23.5 Å². The van der Waals surface area contributed by atoms with E-state index < -0.39 is 17.7 Å². The highest BCUT2D eigenvalue weighted by Gasteiger charge is 2.26. The average molecular weight is 525 g/mol. The van der Waals surface area contributed by atoms with Crippen molar-refractivity contribution in [3.63, 3.8) is 0 Å². The minimum atomic E-state index is -0.674. The van der Waals surface area contributed by atoms with Gasteiger partial charge in [0.15, 0.2) is 0 Å². The van der Waals surface area contributed by atoms with Crippen LogP contribution in [0.4, 0.5) is 15.0 Å². The van der Waals surface area contributed by atoms with Crippen LogP contribution in [-0.2, 0) is 22.5 Å². The molecule has 1 atom stereocenters. The molecule has 3 heterocycles. The third kappa shape index (κ3) is 5.76. The minimum Gasteiger partial charge on any atom is -0.464 e. The van der Waals surface area contributed by atoms with Crippen molar-refractivity contribution in [3.8, 4) is 11.5 Å². The summed E-state index contributed by atoms with van der Waals surface area (Å²) in [5, 5.41) is 14.3. The van der Waals surface area contributed by atoms with Gasteiger partial charge >= 0.3 is 12.0 Å². The molecule has 1 N–H and O–H groups in total. The number of rotatable bonds is 7. The highest BCUT2D eigenvalue weighted by atomic mass is 19.1. The van der Waals surface area contributed by atoms with E-state index in [4.69, 9.17) is 4.74 Å². The summed E-state index contributed by atoms with van der Waals surface area (Å²) in [5.41, 5.74) is 1.72. The van der Waals surface area contributed by atoms with Crippen LogP contribution in [-0.4, -0.2) is 79.6 Å². The fourth-order valence-corrected chi connectivity index (χ4v) is 4.07. The van der Waals surface area contributed by atoms with Gasteiger partial charge in [-0.2, -0.15) is 0 Å². The van der Waals surface area contributed by atoms with Crippen molar-refractivity contribution in [1.82, 2.24) is 35.0 Å². The van der Waals surface area contributed by atoms with Crippen molar-refractivity contribution in [2.24, 2.45) is 0 Å². The number of nitrogens with one attached hydrogen (secondary N) is 1. The molecule has 0 saturated heterocycles. The van der Waals surface area contributed by atoms with Gasteiger partial charge in [0.25, 0.3) is 5.91 Å². The fourth-order valence-electron chi connectivity index (χ4n) is 4.07. The van der Waals surface area contributed by atoms with Crippen molar-refractivity contribution in [2.45, 2.75) is 39.8 Å². The second-order valence-electron chi connectivity index (χ2n) is 9.03. The fraction of sp³-hybridized carbons (Fsp3) is 0.400. The molecular weight excluding hydrogens is 495 g/mol. The number of hydrogen-bond acceptors (Lipinski definition) is 8. The van der Waals surface area contributed by atoms with E-state index in [9.17, 15) is 18.8 Å². The second-order valence-corrected chi connectivity index (χ2v) is 9.03. The first-order valence-electron chi connectivity index (χ1n) is 12.2. The highest BCUT2D eigenvalue weighted by molar-refractivity contribution is 6.04. The summed E-state index contributed by atoms with van der Waals surface area (Å²) in [5.74, 6) is -1.26. The summed E-state index contributed by atoms with van der Waals surface area (Å²) in [6.07, 6.45) is 0.506. The zero-order valence-corrected chi connectivity index (χ0v) is 21.6. The molecule has 3 amide bonds. The molecule has 2 aromatic heterocycles. The van der Waals surface area contributed by atoms with Gasteiger partial charge in [-0.05, 0) is 66.1 Å². The van der Waals surface area contributed by atoms with Crippen LogP contribution >= 0.6 is 0 Å². The molecule has 0 bridgehead atoms. The summed E-state index contributed by atoms with van der Waals surface area (Å²) in [6.45, 7) is 6.40. The van der Waals surface area contributed by atoms with Crippen molar-refractivity contribution in [2.75, 3.05) is 32.1 Å². The number of carbonyl (C=O) groups excluding carboxylic acids is 3. The number of urea groups is 1. The van der Waals surface area contributed by atoms with E-state index in [1.807, 2.05) is 6.92 Å². The SMILES string of the molecule is CCN(C)C(=O)N1CCc2cc(F)c(C(=O)Nc3cccc(-c4nnnn4[C@H](C)COC(C)=O)n3)cc2C1. The van der Waals surface area contributed by atoms with Crippen molar-refractivity contribution >= 4 is 23.7 Å². The Hall–Kier alpha value is -4.42. The molecular formula is C25H29FN8O4. The van der Waals surface area contributed by atoms with Crippen LogP contribution < -0.4 is 5.32 Å². The predicted octanol–water partition coefficient (Wildman–Crippen LogP) is 2.68. The Balaban J connectivity index is 1.52. The van der Waals surface area contributed by atoms with E-state index in [1.54, 1.807) is 42.0 Å². The number of hydrogen-bond donors (Lipinski definition) is 1. The Kier molecular flexibility index (Phi) is 7.93. The molecule has 200 valence electrons. The molecule has 13 heteroatoms. The molecule has 0 radical (unpaired) electrons. The molecule has 0 aliphatic carbocycles. The first kappa shape index (κ1) is 26.6. The van der Waals surface area contributed by atoms with Gasteiger partial charge in [-0.15, -0.1) is 5.10 Å². The number of esters is 1. The lowest BCUT2D eigenvalue weighted by molar-refractivity contribution is -0.142. The standard InChI is InChI=1S/C25H29FN8O4/c1-5-32(4)25(37)33-10-9-17-12-20(26)19(11-18(17)13-33)24(36)28-22-8-6-7-21(27-22)23-29-30-31-34(23)15(2)14-38-16(3)35/h6-8,11-12,15H,5,9-10,13-14H2,1-4H3,(H,27,28,36)/t15-/m1/s1. The zero-order valence-electron chi connectivity index (χ0n) is 21.6.